The van der Waals surface area contributed by atoms with E-state index in [-0.39, 0.29) is 17.5 Å². The summed E-state index contributed by atoms with van der Waals surface area (Å²) in [6.07, 6.45) is 17.0. The second-order valence-corrected chi connectivity index (χ2v) is 9.98. The van der Waals surface area contributed by atoms with Crippen molar-refractivity contribution >= 4 is 16.1 Å². The highest BCUT2D eigenvalue weighted by Crippen LogP contribution is 2.15. The average molecular weight is 455 g/mol. The van der Waals surface area contributed by atoms with Crippen molar-refractivity contribution in [2.45, 2.75) is 108 Å². The lowest BCUT2D eigenvalue weighted by Crippen LogP contribution is -2.07. The molecule has 0 bridgehead atoms. The van der Waals surface area contributed by atoms with E-state index in [4.69, 9.17) is 4.18 Å². The third-order valence-electron chi connectivity index (χ3n) is 5.55. The van der Waals surface area contributed by atoms with Crippen LogP contribution >= 0.6 is 0 Å². The highest BCUT2D eigenvalue weighted by Gasteiger charge is 2.14. The number of esters is 1. The Morgan fingerprint density at radius 1 is 0.710 bits per heavy atom. The van der Waals surface area contributed by atoms with Crippen molar-refractivity contribution in [2.24, 2.45) is 0 Å². The summed E-state index contributed by atoms with van der Waals surface area (Å²) in [6, 6.07) is 6.76. The molecule has 1 aromatic carbocycles. The molecule has 0 aliphatic carbocycles. The topological polar surface area (TPSA) is 69.7 Å². The maximum absolute atomic E-state index is 12.1. The Kier molecular flexibility index (Phi) is 15.3. The fourth-order valence-corrected chi connectivity index (χ4v) is 4.48. The molecule has 1 aromatic rings. The highest BCUT2D eigenvalue weighted by molar-refractivity contribution is 7.86. The summed E-state index contributed by atoms with van der Waals surface area (Å²) < 4.78 is 34.0. The van der Waals surface area contributed by atoms with Crippen molar-refractivity contribution in [2.75, 3.05) is 13.7 Å². The van der Waals surface area contributed by atoms with Gasteiger partial charge < -0.3 is 4.74 Å². The number of carbonyl (C=O) groups is 1. The molecule has 5 nitrogen and oxygen atoms in total. The summed E-state index contributed by atoms with van der Waals surface area (Å²) in [5, 5.41) is 0. The molecule has 0 N–H and O–H groups in total. The van der Waals surface area contributed by atoms with Gasteiger partial charge in [0.2, 0.25) is 0 Å². The Hall–Kier alpha value is -1.40. The van der Waals surface area contributed by atoms with Crippen LogP contribution in [0.3, 0.4) is 0 Å². The van der Waals surface area contributed by atoms with Crippen LogP contribution in [0.15, 0.2) is 29.2 Å². The van der Waals surface area contributed by atoms with Crippen LogP contribution in [-0.4, -0.2) is 28.1 Å². The highest BCUT2D eigenvalue weighted by atomic mass is 32.2. The van der Waals surface area contributed by atoms with E-state index in [0.717, 1.165) is 37.7 Å². The Morgan fingerprint density at radius 2 is 1.13 bits per heavy atom. The summed E-state index contributed by atoms with van der Waals surface area (Å²) in [4.78, 5) is 11.2. The molecular weight excluding hydrogens is 412 g/mol. The van der Waals surface area contributed by atoms with Crippen LogP contribution in [0.2, 0.25) is 0 Å². The molecule has 0 amide bonds. The minimum atomic E-state index is -3.62. The second-order valence-electron chi connectivity index (χ2n) is 8.37. The third kappa shape index (κ3) is 14.3. The van der Waals surface area contributed by atoms with Gasteiger partial charge in [-0.3, -0.25) is 8.98 Å². The number of hydrogen-bond acceptors (Lipinski definition) is 5. The zero-order valence-electron chi connectivity index (χ0n) is 19.6. The van der Waals surface area contributed by atoms with Gasteiger partial charge in [0.1, 0.15) is 0 Å². The molecule has 0 aromatic heterocycles. The smallest absolute Gasteiger partial charge is 0.305 e. The quantitative estimate of drug-likeness (QED) is 0.132. The predicted octanol–water partition coefficient (Wildman–Crippen LogP) is 6.72. The van der Waals surface area contributed by atoms with Gasteiger partial charge >= 0.3 is 5.97 Å². The van der Waals surface area contributed by atoms with Gasteiger partial charge in [0.05, 0.1) is 18.6 Å². The lowest BCUT2D eigenvalue weighted by molar-refractivity contribution is -0.140. The Labute approximate surface area is 190 Å². The molecule has 1 rings (SSSR count). The van der Waals surface area contributed by atoms with Gasteiger partial charge in [-0.25, -0.2) is 0 Å². The molecule has 0 aliphatic heterocycles. The number of ether oxygens (including phenoxy) is 1. The zero-order chi connectivity index (χ0) is 22.8. The first-order valence-electron chi connectivity index (χ1n) is 12.0. The van der Waals surface area contributed by atoms with E-state index in [1.165, 1.54) is 64.9 Å². The molecule has 178 valence electrons. The number of unbranched alkanes of at least 4 members (excludes halogenated alkanes) is 13. The molecule has 0 atom stereocenters. The molecule has 0 spiro atoms. The first-order chi connectivity index (χ1) is 15.0. The number of benzene rings is 1. The summed E-state index contributed by atoms with van der Waals surface area (Å²) in [6.45, 7) is 2.19. The van der Waals surface area contributed by atoms with Crippen LogP contribution in [0.4, 0.5) is 0 Å². The summed E-state index contributed by atoms with van der Waals surface area (Å²) in [5.74, 6) is -0.0978. The molecule has 0 fully saturated rings. The van der Waals surface area contributed by atoms with Crippen LogP contribution in [0.25, 0.3) is 0 Å². The van der Waals surface area contributed by atoms with Crippen LogP contribution < -0.4 is 0 Å². The summed E-state index contributed by atoms with van der Waals surface area (Å²) >= 11 is 0. The first kappa shape index (κ1) is 27.6. The predicted molar refractivity (Wildman–Crippen MR) is 126 cm³/mol. The van der Waals surface area contributed by atoms with E-state index in [1.54, 1.807) is 24.3 Å². The maximum atomic E-state index is 12.1. The number of carbonyl (C=O) groups excluding carboxylic acids is 1. The zero-order valence-corrected chi connectivity index (χ0v) is 20.4. The number of aryl methyl sites for hydroxylation is 1. The normalized spacial score (nSPS) is 11.5. The molecule has 0 aliphatic rings. The van der Waals surface area contributed by atoms with E-state index in [9.17, 15) is 13.2 Å². The molecule has 31 heavy (non-hydrogen) atoms. The fourth-order valence-electron chi connectivity index (χ4n) is 3.54. The van der Waals surface area contributed by atoms with Crippen molar-refractivity contribution < 1.29 is 22.1 Å². The monoisotopic (exact) mass is 454 g/mol. The molecule has 0 unspecified atom stereocenters. The van der Waals surface area contributed by atoms with E-state index in [1.807, 2.05) is 6.92 Å². The van der Waals surface area contributed by atoms with Crippen LogP contribution in [0, 0.1) is 6.92 Å². The van der Waals surface area contributed by atoms with Gasteiger partial charge in [0.25, 0.3) is 10.1 Å². The fraction of sp³-hybridized carbons (Fsp3) is 0.720. The molecule has 0 saturated heterocycles. The largest absolute Gasteiger partial charge is 0.469 e. The molecule has 0 saturated carbocycles. The Balaban J connectivity index is 1.84. The Bertz CT molecular complexity index is 682. The van der Waals surface area contributed by atoms with Crippen LogP contribution in [-0.2, 0) is 23.8 Å². The maximum Gasteiger partial charge on any atom is 0.305 e. The second kappa shape index (κ2) is 17.2. The van der Waals surface area contributed by atoms with E-state index in [0.29, 0.717) is 6.42 Å². The Morgan fingerprint density at radius 3 is 1.58 bits per heavy atom. The minimum absolute atomic E-state index is 0.0978. The van der Waals surface area contributed by atoms with Crippen molar-refractivity contribution in [3.63, 3.8) is 0 Å². The SMILES string of the molecule is COC(=O)CCCCCCCCCCCCCCCCOS(=O)(=O)c1ccc(C)cc1. The van der Waals surface area contributed by atoms with E-state index >= 15 is 0 Å². The standard InChI is InChI=1S/C25H42O5S/c1-23-18-20-24(21-19-23)31(27,28)30-22-16-14-12-10-8-6-4-3-5-7-9-11-13-15-17-25(26)29-2/h18-21H,3-17,22H2,1-2H3. The number of methoxy groups -OCH3 is 1. The van der Waals surface area contributed by atoms with Crippen LogP contribution in [0.5, 0.6) is 0 Å². The number of hydrogen-bond donors (Lipinski definition) is 0. The molecule has 6 heteroatoms. The van der Waals surface area contributed by atoms with E-state index in [2.05, 4.69) is 4.74 Å². The third-order valence-corrected chi connectivity index (χ3v) is 6.88. The summed E-state index contributed by atoms with van der Waals surface area (Å²) in [7, 11) is -2.17. The van der Waals surface area contributed by atoms with Crippen molar-refractivity contribution in [3.05, 3.63) is 29.8 Å². The molecular formula is C25H42O5S. The molecule has 0 heterocycles. The van der Waals surface area contributed by atoms with Gasteiger partial charge in [-0.15, -0.1) is 0 Å². The van der Waals surface area contributed by atoms with Gasteiger partial charge in [-0.1, -0.05) is 94.7 Å². The van der Waals surface area contributed by atoms with Gasteiger partial charge in [0.15, 0.2) is 0 Å². The van der Waals surface area contributed by atoms with Gasteiger partial charge in [0, 0.05) is 6.42 Å². The van der Waals surface area contributed by atoms with Gasteiger partial charge in [-0.2, -0.15) is 8.42 Å². The average Bonchev–Trinajstić information content (AvgIpc) is 2.75. The van der Waals surface area contributed by atoms with Crippen molar-refractivity contribution in [1.82, 2.24) is 0 Å². The van der Waals surface area contributed by atoms with Crippen molar-refractivity contribution in [1.29, 1.82) is 0 Å². The van der Waals surface area contributed by atoms with E-state index < -0.39 is 10.1 Å². The van der Waals surface area contributed by atoms with Gasteiger partial charge in [-0.05, 0) is 31.9 Å². The lowest BCUT2D eigenvalue weighted by Gasteiger charge is -2.06. The minimum Gasteiger partial charge on any atom is -0.469 e. The molecule has 0 radical (unpaired) electrons. The number of rotatable bonds is 19. The lowest BCUT2D eigenvalue weighted by atomic mass is 10.0. The van der Waals surface area contributed by atoms with Crippen molar-refractivity contribution in [3.8, 4) is 0 Å². The first-order valence-corrected chi connectivity index (χ1v) is 13.4. The van der Waals surface area contributed by atoms with Crippen LogP contribution in [0.1, 0.15) is 102 Å². The summed E-state index contributed by atoms with van der Waals surface area (Å²) in [5.41, 5.74) is 1.03.